The molecular weight excluding hydrogens is 204 g/mol. The van der Waals surface area contributed by atoms with E-state index in [1.165, 1.54) is 12.3 Å². The van der Waals surface area contributed by atoms with Crippen molar-refractivity contribution in [1.29, 1.82) is 0 Å². The Morgan fingerprint density at radius 1 is 1.25 bits per heavy atom. The van der Waals surface area contributed by atoms with Gasteiger partial charge < -0.3 is 9.15 Å². The average Bonchev–Trinajstić information content (AvgIpc) is 2.29. The van der Waals surface area contributed by atoms with Gasteiger partial charge in [-0.2, -0.15) is 0 Å². The van der Waals surface area contributed by atoms with Crippen molar-refractivity contribution in [2.24, 2.45) is 0 Å². The van der Waals surface area contributed by atoms with Crippen LogP contribution in [-0.4, -0.2) is 0 Å². The lowest BCUT2D eigenvalue weighted by Crippen LogP contribution is -2.06. The minimum Gasteiger partial charge on any atom is -0.482 e. The summed E-state index contributed by atoms with van der Waals surface area (Å²) >= 11 is 0. The summed E-state index contributed by atoms with van der Waals surface area (Å²) in [5.41, 5.74) is 0.863. The molecule has 3 nitrogen and oxygen atoms in total. The van der Waals surface area contributed by atoms with Crippen molar-refractivity contribution in [3.05, 3.63) is 64.2 Å². The molecular formula is C13H12O3. The fourth-order valence-electron chi connectivity index (χ4n) is 1.33. The minimum atomic E-state index is -0.153. The highest BCUT2D eigenvalue weighted by molar-refractivity contribution is 5.19. The second-order valence-electron chi connectivity index (χ2n) is 3.49. The highest BCUT2D eigenvalue weighted by atomic mass is 16.5. The Morgan fingerprint density at radius 2 is 2.00 bits per heavy atom. The number of benzene rings is 1. The number of ether oxygens (including phenoxy) is 1. The van der Waals surface area contributed by atoms with Gasteiger partial charge in [0.2, 0.25) is 11.2 Å². The van der Waals surface area contributed by atoms with Crippen LogP contribution in [0.1, 0.15) is 11.3 Å². The van der Waals surface area contributed by atoms with E-state index in [9.17, 15) is 4.79 Å². The van der Waals surface area contributed by atoms with E-state index in [1.807, 2.05) is 30.3 Å². The Bertz CT molecular complexity index is 514. The van der Waals surface area contributed by atoms with Gasteiger partial charge >= 0.3 is 0 Å². The quantitative estimate of drug-likeness (QED) is 0.791. The molecule has 0 saturated heterocycles. The predicted octanol–water partition coefficient (Wildman–Crippen LogP) is 2.53. The summed E-state index contributed by atoms with van der Waals surface area (Å²) in [5.74, 6) is 0.825. The smallest absolute Gasteiger partial charge is 0.226 e. The monoisotopic (exact) mass is 216 g/mol. The Morgan fingerprint density at radius 3 is 2.69 bits per heavy atom. The van der Waals surface area contributed by atoms with Crippen LogP contribution in [0, 0.1) is 6.92 Å². The molecule has 0 saturated carbocycles. The van der Waals surface area contributed by atoms with Gasteiger partial charge in [0, 0.05) is 6.07 Å². The molecule has 0 aliphatic rings. The molecule has 0 spiro atoms. The fourth-order valence-corrected chi connectivity index (χ4v) is 1.33. The Kier molecular flexibility index (Phi) is 3.05. The summed E-state index contributed by atoms with van der Waals surface area (Å²) in [6.45, 7) is 2.09. The van der Waals surface area contributed by atoms with Crippen LogP contribution in [0.5, 0.6) is 5.75 Å². The standard InChI is InChI=1S/C13H12O3/c1-10-7-12(14)13(9-15-10)16-8-11-5-3-2-4-6-11/h2-7,9H,8H2,1H3. The summed E-state index contributed by atoms with van der Waals surface area (Å²) in [5, 5.41) is 0. The van der Waals surface area contributed by atoms with E-state index < -0.39 is 0 Å². The minimum absolute atomic E-state index is 0.153. The van der Waals surface area contributed by atoms with Crippen molar-refractivity contribution in [1.82, 2.24) is 0 Å². The van der Waals surface area contributed by atoms with Crippen LogP contribution < -0.4 is 10.2 Å². The Balaban J connectivity index is 2.08. The van der Waals surface area contributed by atoms with Crippen molar-refractivity contribution in [2.45, 2.75) is 13.5 Å². The van der Waals surface area contributed by atoms with Gasteiger partial charge in [0.05, 0.1) is 0 Å². The van der Waals surface area contributed by atoms with E-state index >= 15 is 0 Å². The molecule has 2 rings (SSSR count). The van der Waals surface area contributed by atoms with Crippen molar-refractivity contribution < 1.29 is 9.15 Å². The van der Waals surface area contributed by atoms with E-state index in [1.54, 1.807) is 6.92 Å². The van der Waals surface area contributed by atoms with Crippen molar-refractivity contribution in [3.8, 4) is 5.75 Å². The highest BCUT2D eigenvalue weighted by Gasteiger charge is 2.02. The second-order valence-corrected chi connectivity index (χ2v) is 3.49. The molecule has 82 valence electrons. The average molecular weight is 216 g/mol. The van der Waals surface area contributed by atoms with Crippen LogP contribution in [0.15, 0.2) is 51.9 Å². The third-order valence-corrected chi connectivity index (χ3v) is 2.17. The Hall–Kier alpha value is -2.03. The zero-order chi connectivity index (χ0) is 11.4. The topological polar surface area (TPSA) is 39.4 Å². The molecule has 1 heterocycles. The number of hydrogen-bond donors (Lipinski definition) is 0. The maximum absolute atomic E-state index is 11.5. The Labute approximate surface area is 93.3 Å². The van der Waals surface area contributed by atoms with Crippen LogP contribution in [0.2, 0.25) is 0 Å². The molecule has 3 heteroatoms. The van der Waals surface area contributed by atoms with Gasteiger partial charge in [-0.05, 0) is 12.5 Å². The first kappa shape index (κ1) is 10.5. The molecule has 0 unspecified atom stereocenters. The van der Waals surface area contributed by atoms with Gasteiger partial charge in [-0.3, -0.25) is 4.79 Å². The molecule has 1 aromatic heterocycles. The molecule has 0 N–H and O–H groups in total. The SMILES string of the molecule is Cc1cc(=O)c(OCc2ccccc2)co1. The lowest BCUT2D eigenvalue weighted by Gasteiger charge is -2.04. The second kappa shape index (κ2) is 4.66. The predicted molar refractivity (Wildman–Crippen MR) is 60.5 cm³/mol. The normalized spacial score (nSPS) is 10.1. The van der Waals surface area contributed by atoms with E-state index in [2.05, 4.69) is 0 Å². The summed E-state index contributed by atoms with van der Waals surface area (Å²) < 4.78 is 10.5. The van der Waals surface area contributed by atoms with Crippen LogP contribution in [0.3, 0.4) is 0 Å². The molecule has 0 aliphatic heterocycles. The molecule has 1 aromatic carbocycles. The zero-order valence-corrected chi connectivity index (χ0v) is 8.97. The van der Waals surface area contributed by atoms with Gasteiger partial charge in [0.1, 0.15) is 18.6 Å². The third-order valence-electron chi connectivity index (χ3n) is 2.17. The molecule has 0 aliphatic carbocycles. The third kappa shape index (κ3) is 2.51. The van der Waals surface area contributed by atoms with Crippen LogP contribution in [-0.2, 0) is 6.61 Å². The summed E-state index contributed by atoms with van der Waals surface area (Å²) in [4.78, 5) is 11.5. The first-order valence-electron chi connectivity index (χ1n) is 5.02. The van der Waals surface area contributed by atoms with Crippen molar-refractivity contribution in [2.75, 3.05) is 0 Å². The molecule has 0 amide bonds. The van der Waals surface area contributed by atoms with Crippen LogP contribution in [0.25, 0.3) is 0 Å². The van der Waals surface area contributed by atoms with E-state index in [-0.39, 0.29) is 11.2 Å². The molecule has 0 radical (unpaired) electrons. The van der Waals surface area contributed by atoms with Crippen molar-refractivity contribution in [3.63, 3.8) is 0 Å². The molecule has 0 bridgehead atoms. The summed E-state index contributed by atoms with van der Waals surface area (Å²) in [7, 11) is 0. The molecule has 2 aromatic rings. The number of hydrogen-bond acceptors (Lipinski definition) is 3. The number of rotatable bonds is 3. The maximum Gasteiger partial charge on any atom is 0.226 e. The van der Waals surface area contributed by atoms with E-state index in [0.29, 0.717) is 12.4 Å². The van der Waals surface area contributed by atoms with Gasteiger partial charge in [0.15, 0.2) is 0 Å². The van der Waals surface area contributed by atoms with Gasteiger partial charge in [-0.15, -0.1) is 0 Å². The van der Waals surface area contributed by atoms with Gasteiger partial charge in [0.25, 0.3) is 0 Å². The van der Waals surface area contributed by atoms with Crippen molar-refractivity contribution >= 4 is 0 Å². The lowest BCUT2D eigenvalue weighted by molar-refractivity contribution is 0.290. The first-order chi connectivity index (χ1) is 7.75. The van der Waals surface area contributed by atoms with Crippen LogP contribution in [0.4, 0.5) is 0 Å². The fraction of sp³-hybridized carbons (Fsp3) is 0.154. The van der Waals surface area contributed by atoms with E-state index in [4.69, 9.17) is 9.15 Å². The first-order valence-corrected chi connectivity index (χ1v) is 5.02. The zero-order valence-electron chi connectivity index (χ0n) is 8.97. The number of aryl methyl sites for hydroxylation is 1. The molecule has 0 fully saturated rings. The maximum atomic E-state index is 11.5. The summed E-state index contributed by atoms with van der Waals surface area (Å²) in [6.07, 6.45) is 1.35. The molecule has 0 atom stereocenters. The van der Waals surface area contributed by atoms with E-state index in [0.717, 1.165) is 5.56 Å². The highest BCUT2D eigenvalue weighted by Crippen LogP contribution is 2.08. The van der Waals surface area contributed by atoms with Crippen LogP contribution >= 0.6 is 0 Å². The largest absolute Gasteiger partial charge is 0.482 e. The molecule has 16 heavy (non-hydrogen) atoms. The van der Waals surface area contributed by atoms with Gasteiger partial charge in [-0.1, -0.05) is 30.3 Å². The van der Waals surface area contributed by atoms with Gasteiger partial charge in [-0.25, -0.2) is 0 Å². The summed E-state index contributed by atoms with van der Waals surface area (Å²) in [6, 6.07) is 11.1. The lowest BCUT2D eigenvalue weighted by atomic mass is 10.2.